The Balaban J connectivity index is 1.90. The molecule has 154 valence electrons. The molecule has 1 aromatic rings. The van der Waals surface area contributed by atoms with E-state index in [-0.39, 0.29) is 22.8 Å². The fourth-order valence-electron chi connectivity index (χ4n) is 2.75. The van der Waals surface area contributed by atoms with Crippen molar-refractivity contribution in [2.75, 3.05) is 25.5 Å². The number of ether oxygens (including phenoxy) is 1. The maximum atomic E-state index is 12.7. The molecule has 2 rings (SSSR count). The average molecular weight is 428 g/mol. The van der Waals surface area contributed by atoms with Crippen molar-refractivity contribution in [1.82, 2.24) is 9.62 Å². The highest BCUT2D eigenvalue weighted by Gasteiger charge is 2.27. The number of benzene rings is 1. The van der Waals surface area contributed by atoms with Gasteiger partial charge in [-0.25, -0.2) is 8.42 Å². The van der Waals surface area contributed by atoms with Crippen molar-refractivity contribution in [3.05, 3.63) is 24.3 Å². The van der Waals surface area contributed by atoms with Crippen molar-refractivity contribution in [3.63, 3.8) is 0 Å². The molecule has 0 atom stereocenters. The fourth-order valence-corrected chi connectivity index (χ4v) is 4.46. The second-order valence-corrected chi connectivity index (χ2v) is 9.04. The Morgan fingerprint density at radius 1 is 1.18 bits per heavy atom. The van der Waals surface area contributed by atoms with Crippen LogP contribution >= 0.6 is 12.2 Å². The van der Waals surface area contributed by atoms with Gasteiger partial charge < -0.3 is 15.4 Å². The van der Waals surface area contributed by atoms with E-state index in [0.717, 1.165) is 12.8 Å². The molecule has 1 aromatic carbocycles. The first-order chi connectivity index (χ1) is 13.2. The summed E-state index contributed by atoms with van der Waals surface area (Å²) >= 11 is 5.05. The van der Waals surface area contributed by atoms with Gasteiger partial charge in [-0.05, 0) is 55.2 Å². The van der Waals surface area contributed by atoms with E-state index in [1.165, 1.54) is 23.5 Å². The molecule has 1 saturated heterocycles. The molecule has 0 saturated carbocycles. The quantitative estimate of drug-likeness (QED) is 0.527. The van der Waals surface area contributed by atoms with E-state index >= 15 is 0 Å². The number of carbonyl (C=O) groups is 2. The third kappa shape index (κ3) is 6.25. The van der Waals surface area contributed by atoms with Crippen LogP contribution in [-0.4, -0.2) is 49.9 Å². The van der Waals surface area contributed by atoms with Crippen LogP contribution in [0.15, 0.2) is 29.2 Å². The van der Waals surface area contributed by atoms with Crippen LogP contribution in [0.2, 0.25) is 0 Å². The van der Waals surface area contributed by atoms with Crippen LogP contribution in [0.5, 0.6) is 0 Å². The molecule has 8 nitrogen and oxygen atoms in total. The summed E-state index contributed by atoms with van der Waals surface area (Å²) in [4.78, 5) is 23.0. The lowest BCUT2D eigenvalue weighted by atomic mass is 10.0. The predicted octanol–water partition coefficient (Wildman–Crippen LogP) is 1.87. The Bertz CT molecular complexity index is 816. The van der Waals surface area contributed by atoms with Gasteiger partial charge in [0.15, 0.2) is 5.11 Å². The van der Waals surface area contributed by atoms with Gasteiger partial charge in [-0.2, -0.15) is 4.31 Å². The zero-order valence-electron chi connectivity index (χ0n) is 15.9. The summed E-state index contributed by atoms with van der Waals surface area (Å²) < 4.78 is 31.4. The molecule has 2 N–H and O–H groups in total. The molecular formula is C18H25N3O5S2. The average Bonchev–Trinajstić information content (AvgIpc) is 2.66. The van der Waals surface area contributed by atoms with Gasteiger partial charge in [0.1, 0.15) is 0 Å². The lowest BCUT2D eigenvalue weighted by Gasteiger charge is -2.29. The Morgan fingerprint density at radius 2 is 1.79 bits per heavy atom. The van der Waals surface area contributed by atoms with Gasteiger partial charge in [0.2, 0.25) is 15.9 Å². The maximum Gasteiger partial charge on any atom is 0.306 e. The molecule has 0 aromatic heterocycles. The third-order valence-corrected chi connectivity index (χ3v) is 6.65. The number of sulfonamides is 1. The van der Waals surface area contributed by atoms with Crippen molar-refractivity contribution in [2.45, 2.75) is 37.5 Å². The number of carbonyl (C=O) groups excluding carboxylic acids is 2. The van der Waals surface area contributed by atoms with E-state index < -0.39 is 21.9 Å². The Kier molecular flexibility index (Phi) is 7.90. The first-order valence-electron chi connectivity index (χ1n) is 9.00. The number of anilines is 1. The minimum Gasteiger partial charge on any atom is -0.469 e. The molecule has 28 heavy (non-hydrogen) atoms. The molecule has 0 bridgehead atoms. The van der Waals surface area contributed by atoms with Gasteiger partial charge >= 0.3 is 5.97 Å². The minimum absolute atomic E-state index is 0.0349. The van der Waals surface area contributed by atoms with Crippen molar-refractivity contribution >= 4 is 44.9 Å². The van der Waals surface area contributed by atoms with Gasteiger partial charge in [0.05, 0.1) is 18.4 Å². The van der Waals surface area contributed by atoms with E-state index in [9.17, 15) is 18.0 Å². The zero-order chi connectivity index (χ0) is 20.7. The Hall–Kier alpha value is -2.04. The van der Waals surface area contributed by atoms with E-state index in [2.05, 4.69) is 22.3 Å². The number of rotatable bonds is 6. The SMILES string of the molecule is COC(=O)CCC(=O)NC(=S)Nc1ccc(S(=O)(=O)N2CCC(C)CC2)cc1. The smallest absolute Gasteiger partial charge is 0.306 e. The molecule has 0 radical (unpaired) electrons. The van der Waals surface area contributed by atoms with Crippen molar-refractivity contribution in [2.24, 2.45) is 5.92 Å². The number of nitrogens with one attached hydrogen (secondary N) is 2. The highest BCUT2D eigenvalue weighted by molar-refractivity contribution is 7.89. The molecular weight excluding hydrogens is 402 g/mol. The number of hydrogen-bond acceptors (Lipinski definition) is 6. The number of methoxy groups -OCH3 is 1. The molecule has 1 fully saturated rings. The summed E-state index contributed by atoms with van der Waals surface area (Å²) in [6.45, 7) is 3.19. The number of thiocarbonyl (C=S) groups is 1. The highest BCUT2D eigenvalue weighted by Crippen LogP contribution is 2.24. The Morgan fingerprint density at radius 3 is 2.36 bits per heavy atom. The van der Waals surface area contributed by atoms with Crippen LogP contribution in [0.25, 0.3) is 0 Å². The van der Waals surface area contributed by atoms with Crippen molar-refractivity contribution in [1.29, 1.82) is 0 Å². The predicted molar refractivity (Wildman–Crippen MR) is 109 cm³/mol. The monoisotopic (exact) mass is 427 g/mol. The molecule has 0 spiro atoms. The number of esters is 1. The summed E-state index contributed by atoms with van der Waals surface area (Å²) in [5.41, 5.74) is 0.546. The molecule has 0 unspecified atom stereocenters. The van der Waals surface area contributed by atoms with Gasteiger partial charge in [0, 0.05) is 25.2 Å². The lowest BCUT2D eigenvalue weighted by molar-refractivity contribution is -0.142. The van der Waals surface area contributed by atoms with Crippen LogP contribution in [0.4, 0.5) is 5.69 Å². The van der Waals surface area contributed by atoms with Gasteiger partial charge in [-0.1, -0.05) is 6.92 Å². The van der Waals surface area contributed by atoms with Gasteiger partial charge in [-0.3, -0.25) is 9.59 Å². The number of hydrogen-bond donors (Lipinski definition) is 2. The lowest BCUT2D eigenvalue weighted by Crippen LogP contribution is -2.37. The highest BCUT2D eigenvalue weighted by atomic mass is 32.2. The molecule has 0 aliphatic carbocycles. The van der Waals surface area contributed by atoms with Gasteiger partial charge in [-0.15, -0.1) is 0 Å². The van der Waals surface area contributed by atoms with Crippen LogP contribution in [-0.2, 0) is 24.3 Å². The van der Waals surface area contributed by atoms with Crippen LogP contribution < -0.4 is 10.6 Å². The summed E-state index contributed by atoms with van der Waals surface area (Å²) in [5.74, 6) is -0.350. The summed E-state index contributed by atoms with van der Waals surface area (Å²) in [5, 5.41) is 5.33. The van der Waals surface area contributed by atoms with E-state index in [0.29, 0.717) is 24.7 Å². The van der Waals surface area contributed by atoms with Crippen LogP contribution in [0, 0.1) is 5.92 Å². The molecule has 1 heterocycles. The van der Waals surface area contributed by atoms with Crippen molar-refractivity contribution < 1.29 is 22.7 Å². The first kappa shape index (κ1) is 22.3. The summed E-state index contributed by atoms with van der Waals surface area (Å²) in [6.07, 6.45) is 1.65. The Labute approximate surface area is 170 Å². The fraction of sp³-hybridized carbons (Fsp3) is 0.500. The topological polar surface area (TPSA) is 105 Å². The minimum atomic E-state index is -3.51. The van der Waals surface area contributed by atoms with E-state index in [1.807, 2.05) is 0 Å². The van der Waals surface area contributed by atoms with Crippen molar-refractivity contribution in [3.8, 4) is 0 Å². The number of piperidine rings is 1. The second-order valence-electron chi connectivity index (χ2n) is 6.69. The summed E-state index contributed by atoms with van der Waals surface area (Å²) in [7, 11) is -2.26. The summed E-state index contributed by atoms with van der Waals surface area (Å²) in [6, 6.07) is 6.20. The molecule has 10 heteroatoms. The standard InChI is InChI=1S/C18H25N3O5S2/c1-13-9-11-21(12-10-13)28(24,25)15-5-3-14(4-6-15)19-18(27)20-16(22)7-8-17(23)26-2/h3-6,13H,7-12H2,1-2H3,(H2,19,20,22,27). The number of amides is 1. The molecule has 1 amide bonds. The normalized spacial score (nSPS) is 15.6. The molecule has 1 aliphatic rings. The van der Waals surface area contributed by atoms with Crippen LogP contribution in [0.3, 0.4) is 0 Å². The van der Waals surface area contributed by atoms with E-state index in [1.54, 1.807) is 12.1 Å². The largest absolute Gasteiger partial charge is 0.469 e. The second kappa shape index (κ2) is 9.94. The first-order valence-corrected chi connectivity index (χ1v) is 10.8. The maximum absolute atomic E-state index is 12.7. The number of nitrogens with zero attached hydrogens (tertiary/aromatic N) is 1. The van der Waals surface area contributed by atoms with Gasteiger partial charge in [0.25, 0.3) is 0 Å². The van der Waals surface area contributed by atoms with E-state index in [4.69, 9.17) is 12.2 Å². The third-order valence-electron chi connectivity index (χ3n) is 4.53. The molecule has 1 aliphatic heterocycles. The van der Waals surface area contributed by atoms with Crippen LogP contribution in [0.1, 0.15) is 32.6 Å². The zero-order valence-corrected chi connectivity index (χ0v) is 17.6.